The summed E-state index contributed by atoms with van der Waals surface area (Å²) in [5.41, 5.74) is 0.821. The largest absolute Gasteiger partial charge is 0.284 e. The minimum absolute atomic E-state index is 0.0656. The zero-order valence-corrected chi connectivity index (χ0v) is 14.7. The van der Waals surface area contributed by atoms with Crippen molar-refractivity contribution in [2.75, 3.05) is 0 Å². The number of benzene rings is 2. The van der Waals surface area contributed by atoms with Crippen LogP contribution in [-0.4, -0.2) is 21.6 Å². The number of halogens is 1. The van der Waals surface area contributed by atoms with Crippen LogP contribution in [0.3, 0.4) is 0 Å². The van der Waals surface area contributed by atoms with Crippen LogP contribution >= 0.6 is 15.9 Å². The molecule has 0 radical (unpaired) electrons. The highest BCUT2D eigenvalue weighted by Crippen LogP contribution is 2.33. The highest BCUT2D eigenvalue weighted by molar-refractivity contribution is 9.10. The van der Waals surface area contributed by atoms with E-state index >= 15 is 0 Å². The van der Waals surface area contributed by atoms with E-state index in [9.17, 15) is 19.7 Å². The lowest BCUT2D eigenvalue weighted by atomic mass is 10.1. The monoisotopic (exact) mass is 390 g/mol. The predicted molar refractivity (Wildman–Crippen MR) is 92.8 cm³/mol. The number of nitro groups is 1. The van der Waals surface area contributed by atoms with Crippen LogP contribution < -0.4 is 0 Å². The molecule has 0 aromatic heterocycles. The minimum atomic E-state index is -0.595. The molecule has 0 atom stereocenters. The van der Waals surface area contributed by atoms with Gasteiger partial charge in [0.2, 0.25) is 0 Å². The van der Waals surface area contributed by atoms with Crippen molar-refractivity contribution in [3.63, 3.8) is 0 Å². The average Bonchev–Trinajstić information content (AvgIpc) is 2.81. The highest BCUT2D eigenvalue weighted by atomic mass is 79.9. The molecule has 0 spiro atoms. The second-order valence-electron chi connectivity index (χ2n) is 4.79. The molecule has 1 aliphatic heterocycles. The Labute approximate surface area is 147 Å². The number of carbonyl (C=O) groups excluding carboxylic acids is 2. The van der Waals surface area contributed by atoms with Crippen molar-refractivity contribution in [3.8, 4) is 0 Å². The molecule has 2 aromatic carbocycles. The van der Waals surface area contributed by atoms with Gasteiger partial charge in [0, 0.05) is 6.07 Å². The quantitative estimate of drug-likeness (QED) is 0.447. The molecule has 0 bridgehead atoms. The summed E-state index contributed by atoms with van der Waals surface area (Å²) in [4.78, 5) is 36.2. The standard InChI is InChI=1S/C15H9BrN2O4.C2H6/c16-12-6-10-11(7-13(12)18(21)22)15(20)17(14(10)19)8-9-4-2-1-3-5-9;1-2/h1-7H,8H2;1-2H3. The van der Waals surface area contributed by atoms with Crippen molar-refractivity contribution in [2.24, 2.45) is 0 Å². The van der Waals surface area contributed by atoms with Crippen LogP contribution in [0.2, 0.25) is 0 Å². The van der Waals surface area contributed by atoms with E-state index in [2.05, 4.69) is 15.9 Å². The van der Waals surface area contributed by atoms with E-state index in [0.717, 1.165) is 16.5 Å². The van der Waals surface area contributed by atoms with Gasteiger partial charge in [-0.1, -0.05) is 44.2 Å². The van der Waals surface area contributed by atoms with Gasteiger partial charge in [-0.05, 0) is 27.6 Å². The molecule has 24 heavy (non-hydrogen) atoms. The van der Waals surface area contributed by atoms with Crippen molar-refractivity contribution >= 4 is 33.4 Å². The average molecular weight is 391 g/mol. The van der Waals surface area contributed by atoms with Crippen LogP contribution in [0.1, 0.15) is 40.1 Å². The number of amides is 2. The normalized spacial score (nSPS) is 12.5. The predicted octanol–water partition coefficient (Wildman–Crippen LogP) is 4.18. The third kappa shape index (κ3) is 3.21. The van der Waals surface area contributed by atoms with Crippen molar-refractivity contribution in [1.29, 1.82) is 0 Å². The highest BCUT2D eigenvalue weighted by Gasteiger charge is 2.37. The lowest BCUT2D eigenvalue weighted by molar-refractivity contribution is -0.385. The van der Waals surface area contributed by atoms with Crippen LogP contribution in [0.5, 0.6) is 0 Å². The maximum atomic E-state index is 12.4. The second kappa shape index (κ2) is 7.35. The number of hydrogen-bond donors (Lipinski definition) is 0. The summed E-state index contributed by atoms with van der Waals surface area (Å²) in [5, 5.41) is 10.9. The van der Waals surface area contributed by atoms with Gasteiger partial charge >= 0.3 is 0 Å². The molecule has 6 nitrogen and oxygen atoms in total. The minimum Gasteiger partial charge on any atom is -0.270 e. The van der Waals surface area contributed by atoms with Crippen LogP contribution in [0, 0.1) is 10.1 Å². The first kappa shape index (κ1) is 17.8. The number of nitrogens with zero attached hydrogens (tertiary/aromatic N) is 2. The van der Waals surface area contributed by atoms with Gasteiger partial charge in [-0.25, -0.2) is 0 Å². The molecule has 1 heterocycles. The Balaban J connectivity index is 0.00000100. The van der Waals surface area contributed by atoms with E-state index in [1.165, 1.54) is 6.07 Å². The number of imide groups is 1. The lowest BCUT2D eigenvalue weighted by Crippen LogP contribution is -2.29. The van der Waals surface area contributed by atoms with Crippen LogP contribution in [0.15, 0.2) is 46.9 Å². The first-order valence-electron chi connectivity index (χ1n) is 7.37. The van der Waals surface area contributed by atoms with Crippen molar-refractivity contribution in [2.45, 2.75) is 20.4 Å². The summed E-state index contributed by atoms with van der Waals surface area (Å²) in [5.74, 6) is -0.959. The lowest BCUT2D eigenvalue weighted by Gasteiger charge is -2.13. The molecule has 0 saturated carbocycles. The number of nitro benzene ring substituents is 1. The zero-order valence-electron chi connectivity index (χ0n) is 13.2. The molecule has 0 N–H and O–H groups in total. The molecular weight excluding hydrogens is 376 g/mol. The summed E-state index contributed by atoms with van der Waals surface area (Å²) in [6, 6.07) is 11.6. The van der Waals surface area contributed by atoms with Crippen molar-refractivity contribution in [1.82, 2.24) is 4.90 Å². The third-order valence-corrected chi connectivity index (χ3v) is 4.05. The summed E-state index contributed by atoms with van der Waals surface area (Å²) in [7, 11) is 0. The Morgan fingerprint density at radius 1 is 1.04 bits per heavy atom. The van der Waals surface area contributed by atoms with E-state index in [4.69, 9.17) is 0 Å². The van der Waals surface area contributed by atoms with Crippen LogP contribution in [0.4, 0.5) is 5.69 Å². The molecule has 7 heteroatoms. The number of hydrogen-bond acceptors (Lipinski definition) is 4. The fraction of sp³-hybridized carbons (Fsp3) is 0.176. The Morgan fingerprint density at radius 2 is 1.58 bits per heavy atom. The van der Waals surface area contributed by atoms with Gasteiger partial charge in [0.05, 0.1) is 27.1 Å². The van der Waals surface area contributed by atoms with Gasteiger partial charge in [0.1, 0.15) is 0 Å². The number of rotatable bonds is 3. The van der Waals surface area contributed by atoms with Gasteiger partial charge in [-0.15, -0.1) is 0 Å². The Morgan fingerprint density at radius 3 is 2.12 bits per heavy atom. The molecule has 1 aliphatic rings. The van der Waals surface area contributed by atoms with Gasteiger partial charge in [-0.3, -0.25) is 24.6 Å². The summed E-state index contributed by atoms with van der Waals surface area (Å²) in [6.45, 7) is 4.14. The zero-order chi connectivity index (χ0) is 17.9. The summed E-state index contributed by atoms with van der Waals surface area (Å²) in [6.07, 6.45) is 0. The third-order valence-electron chi connectivity index (χ3n) is 3.42. The molecule has 0 aliphatic carbocycles. The van der Waals surface area contributed by atoms with Crippen LogP contribution in [-0.2, 0) is 6.54 Å². The summed E-state index contributed by atoms with van der Waals surface area (Å²) >= 11 is 3.06. The molecule has 124 valence electrons. The second-order valence-corrected chi connectivity index (χ2v) is 5.64. The summed E-state index contributed by atoms with van der Waals surface area (Å²) < 4.78 is 0.180. The maximum absolute atomic E-state index is 12.4. The first-order valence-corrected chi connectivity index (χ1v) is 8.16. The smallest absolute Gasteiger partial charge is 0.270 e. The Bertz CT molecular complexity index is 806. The van der Waals surface area contributed by atoms with Gasteiger partial charge in [0.15, 0.2) is 0 Å². The SMILES string of the molecule is CC.O=C1c2cc(Br)c([N+](=O)[O-])cc2C(=O)N1Cc1ccccc1. The fourth-order valence-electron chi connectivity index (χ4n) is 2.35. The molecule has 2 aromatic rings. The molecule has 0 saturated heterocycles. The molecule has 3 rings (SSSR count). The van der Waals surface area contributed by atoms with Gasteiger partial charge in [0.25, 0.3) is 17.5 Å². The van der Waals surface area contributed by atoms with E-state index < -0.39 is 16.7 Å². The van der Waals surface area contributed by atoms with Gasteiger partial charge in [-0.2, -0.15) is 0 Å². The van der Waals surface area contributed by atoms with Crippen molar-refractivity contribution in [3.05, 3.63) is 73.7 Å². The van der Waals surface area contributed by atoms with E-state index in [1.54, 1.807) is 0 Å². The molecule has 0 fully saturated rings. The van der Waals surface area contributed by atoms with E-state index in [1.807, 2.05) is 44.2 Å². The van der Waals surface area contributed by atoms with Crippen LogP contribution in [0.25, 0.3) is 0 Å². The maximum Gasteiger partial charge on any atom is 0.284 e. The first-order chi connectivity index (χ1) is 11.5. The Kier molecular flexibility index (Phi) is 5.46. The number of fused-ring (bicyclic) bond motifs is 1. The molecular formula is C17H15BrN2O4. The van der Waals surface area contributed by atoms with Crippen molar-refractivity contribution < 1.29 is 14.5 Å². The topological polar surface area (TPSA) is 80.5 Å². The van der Waals surface area contributed by atoms with Gasteiger partial charge < -0.3 is 0 Å². The van der Waals surface area contributed by atoms with E-state index in [-0.39, 0.29) is 27.8 Å². The fourth-order valence-corrected chi connectivity index (χ4v) is 2.84. The Hall–Kier alpha value is -2.54. The molecule has 2 amide bonds. The molecule has 0 unspecified atom stereocenters. The van der Waals surface area contributed by atoms with E-state index in [0.29, 0.717) is 0 Å². The number of carbonyl (C=O) groups is 2.